The molecular formula is C25H32N2O5. The van der Waals surface area contributed by atoms with E-state index in [-0.39, 0.29) is 30.8 Å². The Bertz CT molecular complexity index is 936. The molecule has 2 amide bonds. The molecule has 0 spiro atoms. The summed E-state index contributed by atoms with van der Waals surface area (Å²) in [7, 11) is 1.62. The Morgan fingerprint density at radius 2 is 2.00 bits per heavy atom. The fraction of sp³-hybridized carbons (Fsp3) is 0.560. The number of carbonyl (C=O) groups is 3. The predicted molar refractivity (Wildman–Crippen MR) is 119 cm³/mol. The molecule has 1 aromatic rings. The Balaban J connectivity index is 1.51. The Kier molecular flexibility index (Phi) is 6.53. The molecule has 172 valence electrons. The van der Waals surface area contributed by atoms with Gasteiger partial charge in [0.2, 0.25) is 11.8 Å². The van der Waals surface area contributed by atoms with E-state index in [2.05, 4.69) is 5.32 Å². The molecular weight excluding hydrogens is 408 g/mol. The van der Waals surface area contributed by atoms with Crippen LogP contribution < -0.4 is 10.1 Å². The van der Waals surface area contributed by atoms with E-state index in [0.29, 0.717) is 25.9 Å². The lowest BCUT2D eigenvalue weighted by Crippen LogP contribution is -2.44. The van der Waals surface area contributed by atoms with E-state index in [0.717, 1.165) is 42.7 Å². The van der Waals surface area contributed by atoms with Crippen LogP contribution in [0, 0.1) is 11.3 Å². The summed E-state index contributed by atoms with van der Waals surface area (Å²) in [6.45, 7) is 3.09. The number of carbonyl (C=O) groups excluding carboxylic acids is 3. The molecule has 0 radical (unpaired) electrons. The molecule has 4 rings (SSSR count). The minimum Gasteiger partial charge on any atom is -0.496 e. The van der Waals surface area contributed by atoms with Gasteiger partial charge < -0.3 is 19.7 Å². The highest BCUT2D eigenvalue weighted by molar-refractivity contribution is 5.99. The third kappa shape index (κ3) is 3.78. The van der Waals surface area contributed by atoms with Crippen LogP contribution in [0.2, 0.25) is 0 Å². The molecule has 0 bridgehead atoms. The monoisotopic (exact) mass is 440 g/mol. The van der Waals surface area contributed by atoms with Crippen LogP contribution in [0.4, 0.5) is 0 Å². The smallest absolute Gasteiger partial charge is 0.318 e. The highest BCUT2D eigenvalue weighted by Crippen LogP contribution is 2.57. The predicted octanol–water partition coefficient (Wildman–Crippen LogP) is 2.98. The van der Waals surface area contributed by atoms with Crippen LogP contribution in [0.1, 0.15) is 51.0 Å². The summed E-state index contributed by atoms with van der Waals surface area (Å²) in [4.78, 5) is 41.3. The minimum atomic E-state index is -1.01. The van der Waals surface area contributed by atoms with E-state index >= 15 is 0 Å². The Hall–Kier alpha value is -2.83. The van der Waals surface area contributed by atoms with Gasteiger partial charge in [-0.15, -0.1) is 0 Å². The zero-order valence-corrected chi connectivity index (χ0v) is 18.9. The number of methoxy groups -OCH3 is 1. The maximum atomic E-state index is 13.4. The number of rotatable bonds is 8. The molecule has 2 heterocycles. The van der Waals surface area contributed by atoms with Gasteiger partial charge in [0.05, 0.1) is 19.6 Å². The number of allylic oxidation sites excluding steroid dienone is 1. The largest absolute Gasteiger partial charge is 0.496 e. The summed E-state index contributed by atoms with van der Waals surface area (Å²) in [5, 5.41) is 2.94. The standard InChI is InChI=1S/C25H32N2O5/c1-3-32-24(30)25-13-6-9-18-10-7-15-27(22(18)25)23(29)19(25)16-21(28)26-14-12-17-8-4-5-11-20(17)31-2/h4-5,8,11,19H,3,6-7,9-10,12-16H2,1-2H3,(H,26,28)/t19-,25-/m0/s1. The van der Waals surface area contributed by atoms with Crippen molar-refractivity contribution >= 4 is 17.8 Å². The maximum Gasteiger partial charge on any atom is 0.318 e. The molecule has 1 N–H and O–H groups in total. The minimum absolute atomic E-state index is 0.00312. The lowest BCUT2D eigenvalue weighted by Gasteiger charge is -2.39. The van der Waals surface area contributed by atoms with Gasteiger partial charge in [0, 0.05) is 25.2 Å². The van der Waals surface area contributed by atoms with E-state index in [1.54, 1.807) is 18.9 Å². The van der Waals surface area contributed by atoms with Crippen LogP contribution in [-0.2, 0) is 25.5 Å². The molecule has 1 aliphatic carbocycles. The third-order valence-corrected chi connectivity index (χ3v) is 7.03. The summed E-state index contributed by atoms with van der Waals surface area (Å²) in [6, 6.07) is 7.70. The number of hydrogen-bond acceptors (Lipinski definition) is 5. The van der Waals surface area contributed by atoms with Crippen LogP contribution in [0.5, 0.6) is 5.75 Å². The van der Waals surface area contributed by atoms with Crippen LogP contribution in [0.3, 0.4) is 0 Å². The molecule has 0 unspecified atom stereocenters. The zero-order chi connectivity index (χ0) is 22.7. The normalized spacial score (nSPS) is 24.2. The first-order chi connectivity index (χ1) is 15.5. The van der Waals surface area contributed by atoms with Crippen molar-refractivity contribution in [2.24, 2.45) is 11.3 Å². The van der Waals surface area contributed by atoms with Crippen LogP contribution >= 0.6 is 0 Å². The van der Waals surface area contributed by atoms with Crippen molar-refractivity contribution in [3.8, 4) is 5.75 Å². The van der Waals surface area contributed by atoms with Gasteiger partial charge in [-0.05, 0) is 62.7 Å². The van der Waals surface area contributed by atoms with Crippen molar-refractivity contribution in [2.75, 3.05) is 26.8 Å². The summed E-state index contributed by atoms with van der Waals surface area (Å²) in [6.07, 6.45) is 4.75. The van der Waals surface area contributed by atoms with E-state index in [4.69, 9.17) is 9.47 Å². The summed E-state index contributed by atoms with van der Waals surface area (Å²) >= 11 is 0. The van der Waals surface area contributed by atoms with E-state index in [9.17, 15) is 14.4 Å². The second kappa shape index (κ2) is 9.35. The maximum absolute atomic E-state index is 13.4. The lowest BCUT2D eigenvalue weighted by molar-refractivity contribution is -0.158. The van der Waals surface area contributed by atoms with E-state index in [1.165, 1.54) is 5.57 Å². The van der Waals surface area contributed by atoms with Crippen molar-refractivity contribution in [1.82, 2.24) is 10.2 Å². The molecule has 2 atom stereocenters. The van der Waals surface area contributed by atoms with Gasteiger partial charge >= 0.3 is 5.97 Å². The fourth-order valence-electron chi connectivity index (χ4n) is 5.69. The van der Waals surface area contributed by atoms with Crippen LogP contribution in [-0.4, -0.2) is 49.5 Å². The Morgan fingerprint density at radius 3 is 2.78 bits per heavy atom. The topological polar surface area (TPSA) is 84.9 Å². The number of para-hydroxylation sites is 1. The number of benzene rings is 1. The van der Waals surface area contributed by atoms with Crippen molar-refractivity contribution in [3.63, 3.8) is 0 Å². The molecule has 0 saturated carbocycles. The highest BCUT2D eigenvalue weighted by Gasteiger charge is 2.63. The van der Waals surface area contributed by atoms with Crippen molar-refractivity contribution in [2.45, 2.75) is 51.9 Å². The molecule has 1 aromatic carbocycles. The molecule has 7 nitrogen and oxygen atoms in total. The van der Waals surface area contributed by atoms with Crippen molar-refractivity contribution in [3.05, 3.63) is 41.1 Å². The Morgan fingerprint density at radius 1 is 1.22 bits per heavy atom. The first kappa shape index (κ1) is 22.4. The third-order valence-electron chi connectivity index (χ3n) is 7.03. The summed E-state index contributed by atoms with van der Waals surface area (Å²) in [5.74, 6) is -0.581. The SMILES string of the molecule is CCOC(=O)[C@]12CCCC3=C1N(CCC3)C(=O)[C@@H]2CC(=O)NCCc1ccccc1OC. The first-order valence-corrected chi connectivity index (χ1v) is 11.6. The summed E-state index contributed by atoms with van der Waals surface area (Å²) < 4.78 is 10.8. The number of ether oxygens (including phenoxy) is 2. The first-order valence-electron chi connectivity index (χ1n) is 11.6. The van der Waals surface area contributed by atoms with E-state index < -0.39 is 11.3 Å². The molecule has 3 aliphatic rings. The van der Waals surface area contributed by atoms with Crippen molar-refractivity contribution in [1.29, 1.82) is 0 Å². The lowest BCUT2D eigenvalue weighted by atomic mass is 9.65. The van der Waals surface area contributed by atoms with Gasteiger partial charge in [-0.25, -0.2) is 0 Å². The molecule has 7 heteroatoms. The molecule has 1 fully saturated rings. The van der Waals surface area contributed by atoms with Gasteiger partial charge in [0.25, 0.3) is 0 Å². The molecule has 2 aliphatic heterocycles. The van der Waals surface area contributed by atoms with E-state index in [1.807, 2.05) is 24.3 Å². The van der Waals surface area contributed by atoms with Crippen molar-refractivity contribution < 1.29 is 23.9 Å². The molecule has 0 aromatic heterocycles. The Labute approximate surface area is 189 Å². The van der Waals surface area contributed by atoms with Crippen LogP contribution in [0.15, 0.2) is 35.5 Å². The van der Waals surface area contributed by atoms with Crippen LogP contribution in [0.25, 0.3) is 0 Å². The number of hydrogen-bond donors (Lipinski definition) is 1. The quantitative estimate of drug-likeness (QED) is 0.628. The average Bonchev–Trinajstić information content (AvgIpc) is 3.05. The van der Waals surface area contributed by atoms with Gasteiger partial charge in [-0.3, -0.25) is 14.4 Å². The second-order valence-electron chi connectivity index (χ2n) is 8.76. The van der Waals surface area contributed by atoms with Gasteiger partial charge in [-0.1, -0.05) is 18.2 Å². The fourth-order valence-corrected chi connectivity index (χ4v) is 5.69. The van der Waals surface area contributed by atoms with Gasteiger partial charge in [0.1, 0.15) is 11.2 Å². The summed E-state index contributed by atoms with van der Waals surface area (Å²) in [5.41, 5.74) is 2.05. The number of nitrogens with zero attached hydrogens (tertiary/aromatic N) is 1. The second-order valence-corrected chi connectivity index (χ2v) is 8.76. The molecule has 32 heavy (non-hydrogen) atoms. The van der Waals surface area contributed by atoms with Gasteiger partial charge in [0.15, 0.2) is 0 Å². The van der Waals surface area contributed by atoms with Gasteiger partial charge in [-0.2, -0.15) is 0 Å². The molecule has 1 saturated heterocycles. The number of nitrogens with one attached hydrogen (secondary N) is 1. The average molecular weight is 441 g/mol. The zero-order valence-electron chi connectivity index (χ0n) is 18.9. The number of esters is 1. The number of amides is 2. The highest BCUT2D eigenvalue weighted by atomic mass is 16.5.